The molecule has 2 N–H and O–H groups in total. The van der Waals surface area contributed by atoms with Crippen molar-refractivity contribution in [3.05, 3.63) is 106 Å². The minimum Gasteiger partial charge on any atom is -0.478 e. The van der Waals surface area contributed by atoms with Crippen LogP contribution in [0.4, 0.5) is 4.79 Å². The van der Waals surface area contributed by atoms with E-state index in [9.17, 15) is 19.5 Å². The second-order valence-corrected chi connectivity index (χ2v) is 9.38. The van der Waals surface area contributed by atoms with Crippen LogP contribution in [-0.4, -0.2) is 53.0 Å². The van der Waals surface area contributed by atoms with E-state index < -0.39 is 18.0 Å². The minimum atomic E-state index is -1.12. The molecule has 196 valence electrons. The molecule has 0 saturated carbocycles. The van der Waals surface area contributed by atoms with E-state index in [4.69, 9.17) is 16.3 Å². The smallest absolute Gasteiger partial charge is 0.335 e. The maximum absolute atomic E-state index is 13.0. The zero-order valence-electron chi connectivity index (χ0n) is 21.1. The number of ether oxygens (including phenoxy) is 1. The fourth-order valence-electron chi connectivity index (χ4n) is 4.40. The van der Waals surface area contributed by atoms with E-state index in [2.05, 4.69) is 5.32 Å². The number of hydrogen-bond acceptors (Lipinski definition) is 4. The van der Waals surface area contributed by atoms with Gasteiger partial charge in [-0.15, -0.1) is 0 Å². The molecule has 1 atom stereocenters. The first kappa shape index (κ1) is 26.8. The standard InChI is InChI=1S/C29H28ClN3O5/c1-19-25(28(35)36)26(21-8-6-9-22(30)18-21)33(29(37)31-19)17-7-16-32(2)27(34)20-12-14-24(15-13-20)38-23-10-4-3-5-11-23/h3-6,8-15,18,26H,7,16-17H2,1-2H3,(H,31,37)(H,35,36). The zero-order valence-corrected chi connectivity index (χ0v) is 21.8. The van der Waals surface area contributed by atoms with Crippen LogP contribution in [0.5, 0.6) is 11.5 Å². The summed E-state index contributed by atoms with van der Waals surface area (Å²) in [5.74, 6) is 0.0333. The molecule has 8 nitrogen and oxygen atoms in total. The molecule has 0 fully saturated rings. The van der Waals surface area contributed by atoms with Crippen molar-refractivity contribution in [2.24, 2.45) is 0 Å². The monoisotopic (exact) mass is 533 g/mol. The summed E-state index contributed by atoms with van der Waals surface area (Å²) in [6, 6.07) is 21.9. The Labute approximate surface area is 226 Å². The van der Waals surface area contributed by atoms with Gasteiger partial charge >= 0.3 is 12.0 Å². The highest BCUT2D eigenvalue weighted by atomic mass is 35.5. The quantitative estimate of drug-likeness (QED) is 0.366. The van der Waals surface area contributed by atoms with Crippen LogP contribution in [0.15, 0.2) is 90.1 Å². The lowest BCUT2D eigenvalue weighted by Crippen LogP contribution is -2.49. The SMILES string of the molecule is CC1=C(C(=O)O)C(c2cccc(Cl)c2)N(CCCN(C)C(=O)c2ccc(Oc3ccccc3)cc2)C(=O)N1. The third-order valence-corrected chi connectivity index (χ3v) is 6.49. The average Bonchev–Trinajstić information content (AvgIpc) is 2.90. The van der Waals surface area contributed by atoms with Crippen molar-refractivity contribution in [1.29, 1.82) is 0 Å². The van der Waals surface area contributed by atoms with Crippen LogP contribution in [-0.2, 0) is 4.79 Å². The number of para-hydroxylation sites is 1. The summed E-state index contributed by atoms with van der Waals surface area (Å²) in [5.41, 5.74) is 1.48. The molecule has 9 heteroatoms. The molecule has 0 spiro atoms. The predicted molar refractivity (Wildman–Crippen MR) is 144 cm³/mol. The molecule has 1 aliphatic heterocycles. The van der Waals surface area contributed by atoms with E-state index in [-0.39, 0.29) is 23.7 Å². The van der Waals surface area contributed by atoms with Crippen LogP contribution in [0.2, 0.25) is 5.02 Å². The molecule has 38 heavy (non-hydrogen) atoms. The van der Waals surface area contributed by atoms with Gasteiger partial charge in [-0.1, -0.05) is 41.9 Å². The predicted octanol–water partition coefficient (Wildman–Crippen LogP) is 5.72. The normalized spacial score (nSPS) is 15.2. The number of carbonyl (C=O) groups excluding carboxylic acids is 2. The fourth-order valence-corrected chi connectivity index (χ4v) is 4.60. The number of benzene rings is 3. The number of nitrogens with zero attached hydrogens (tertiary/aromatic N) is 2. The van der Waals surface area contributed by atoms with Crippen LogP contribution in [0, 0.1) is 0 Å². The molecule has 3 aromatic carbocycles. The summed E-state index contributed by atoms with van der Waals surface area (Å²) in [6.07, 6.45) is 0.438. The Morgan fingerprint density at radius 1 is 1.03 bits per heavy atom. The number of carboxylic acids is 1. The highest BCUT2D eigenvalue weighted by Crippen LogP contribution is 2.34. The van der Waals surface area contributed by atoms with Crippen LogP contribution in [0.3, 0.4) is 0 Å². The molecule has 1 aliphatic rings. The Hall–Kier alpha value is -4.30. The summed E-state index contributed by atoms with van der Waals surface area (Å²) in [4.78, 5) is 41.0. The third kappa shape index (κ3) is 6.15. The second kappa shape index (κ2) is 11.8. The van der Waals surface area contributed by atoms with Crippen molar-refractivity contribution in [3.8, 4) is 11.5 Å². The zero-order chi connectivity index (χ0) is 27.2. The van der Waals surface area contributed by atoms with Gasteiger partial charge in [0.05, 0.1) is 11.6 Å². The highest BCUT2D eigenvalue weighted by molar-refractivity contribution is 6.30. The lowest BCUT2D eigenvalue weighted by Gasteiger charge is -2.37. The summed E-state index contributed by atoms with van der Waals surface area (Å²) in [7, 11) is 1.69. The first-order valence-electron chi connectivity index (χ1n) is 12.1. The van der Waals surface area contributed by atoms with E-state index in [1.807, 2.05) is 30.3 Å². The molecule has 3 amide bonds. The summed E-state index contributed by atoms with van der Waals surface area (Å²) in [5, 5.41) is 13.0. The van der Waals surface area contributed by atoms with E-state index in [0.29, 0.717) is 40.6 Å². The van der Waals surface area contributed by atoms with Gasteiger partial charge in [-0.25, -0.2) is 9.59 Å². The number of halogens is 1. The maximum atomic E-state index is 13.0. The van der Waals surface area contributed by atoms with E-state index in [1.54, 1.807) is 67.4 Å². The Balaban J connectivity index is 1.41. The number of urea groups is 1. The van der Waals surface area contributed by atoms with Gasteiger partial charge in [0, 0.05) is 36.4 Å². The van der Waals surface area contributed by atoms with Crippen molar-refractivity contribution in [2.75, 3.05) is 20.1 Å². The molecule has 0 bridgehead atoms. The average molecular weight is 534 g/mol. The Morgan fingerprint density at radius 2 is 1.71 bits per heavy atom. The van der Waals surface area contributed by atoms with E-state index >= 15 is 0 Å². The number of aliphatic carboxylic acids is 1. The van der Waals surface area contributed by atoms with Gasteiger partial charge in [0.15, 0.2) is 0 Å². The molecule has 4 rings (SSSR count). The first-order chi connectivity index (χ1) is 18.2. The van der Waals surface area contributed by atoms with Crippen LogP contribution in [0.25, 0.3) is 0 Å². The summed E-state index contributed by atoms with van der Waals surface area (Å²) in [6.45, 7) is 2.16. The van der Waals surface area contributed by atoms with Crippen molar-refractivity contribution in [3.63, 3.8) is 0 Å². The highest BCUT2D eigenvalue weighted by Gasteiger charge is 2.37. The largest absolute Gasteiger partial charge is 0.478 e. The van der Waals surface area contributed by atoms with Crippen LogP contribution < -0.4 is 10.1 Å². The van der Waals surface area contributed by atoms with E-state index in [1.165, 1.54) is 4.90 Å². The van der Waals surface area contributed by atoms with Gasteiger partial charge in [0.1, 0.15) is 11.5 Å². The molecule has 0 saturated heterocycles. The number of carboxylic acid groups (broad SMARTS) is 1. The summed E-state index contributed by atoms with van der Waals surface area (Å²) < 4.78 is 5.78. The first-order valence-corrected chi connectivity index (χ1v) is 12.5. The molecule has 0 aliphatic carbocycles. The second-order valence-electron chi connectivity index (χ2n) is 8.94. The lowest BCUT2D eigenvalue weighted by molar-refractivity contribution is -0.133. The number of allylic oxidation sites excluding steroid dienone is 1. The molecular formula is C29H28ClN3O5. The number of hydrogen-bond donors (Lipinski definition) is 2. The van der Waals surface area contributed by atoms with Crippen molar-refractivity contribution >= 4 is 29.5 Å². The minimum absolute atomic E-state index is 0.0779. The topological polar surface area (TPSA) is 99.2 Å². The Morgan fingerprint density at radius 3 is 2.37 bits per heavy atom. The number of carbonyl (C=O) groups is 3. The van der Waals surface area contributed by atoms with Crippen LogP contribution in [0.1, 0.15) is 35.3 Å². The molecule has 0 aromatic heterocycles. The van der Waals surface area contributed by atoms with Gasteiger partial charge in [0.2, 0.25) is 0 Å². The molecule has 1 unspecified atom stereocenters. The van der Waals surface area contributed by atoms with E-state index in [0.717, 1.165) is 0 Å². The van der Waals surface area contributed by atoms with Crippen molar-refractivity contribution < 1.29 is 24.2 Å². The van der Waals surface area contributed by atoms with Gasteiger partial charge in [-0.05, 0) is 67.4 Å². The van der Waals surface area contributed by atoms with Gasteiger partial charge in [0.25, 0.3) is 5.91 Å². The molecule has 1 heterocycles. The Kier molecular flexibility index (Phi) is 8.33. The van der Waals surface area contributed by atoms with Gasteiger partial charge in [-0.3, -0.25) is 4.79 Å². The van der Waals surface area contributed by atoms with Crippen LogP contribution >= 0.6 is 11.6 Å². The van der Waals surface area contributed by atoms with Gasteiger partial charge < -0.3 is 25.0 Å². The Bertz CT molecular complexity index is 1360. The van der Waals surface area contributed by atoms with Gasteiger partial charge in [-0.2, -0.15) is 0 Å². The number of nitrogens with one attached hydrogen (secondary N) is 1. The summed E-state index contributed by atoms with van der Waals surface area (Å²) >= 11 is 6.17. The fraction of sp³-hybridized carbons (Fsp3) is 0.207. The van der Waals surface area contributed by atoms with Crippen molar-refractivity contribution in [2.45, 2.75) is 19.4 Å². The molecule has 0 radical (unpaired) electrons. The lowest BCUT2D eigenvalue weighted by atomic mass is 9.93. The molecular weight excluding hydrogens is 506 g/mol. The third-order valence-electron chi connectivity index (χ3n) is 6.26. The van der Waals surface area contributed by atoms with Crippen molar-refractivity contribution in [1.82, 2.24) is 15.1 Å². The number of amides is 3. The number of rotatable bonds is 9. The molecule has 3 aromatic rings. The maximum Gasteiger partial charge on any atom is 0.335 e.